The van der Waals surface area contributed by atoms with Gasteiger partial charge in [-0.1, -0.05) is 12.1 Å². The summed E-state index contributed by atoms with van der Waals surface area (Å²) < 4.78 is 21.3. The van der Waals surface area contributed by atoms with Crippen LogP contribution in [0.2, 0.25) is 0 Å². The van der Waals surface area contributed by atoms with Gasteiger partial charge >= 0.3 is 5.97 Å². The predicted octanol–water partition coefficient (Wildman–Crippen LogP) is 1.41. The number of hydrogen-bond donors (Lipinski definition) is 1. The molecule has 1 unspecified atom stereocenters. The van der Waals surface area contributed by atoms with Crippen molar-refractivity contribution in [2.45, 2.75) is 58.1 Å². The number of nitrogens with one attached hydrogen (secondary N) is 1. The summed E-state index contributed by atoms with van der Waals surface area (Å²) >= 11 is 0. The Morgan fingerprint density at radius 3 is 2.32 bits per heavy atom. The van der Waals surface area contributed by atoms with E-state index in [0.717, 1.165) is 4.90 Å². The fourth-order valence-electron chi connectivity index (χ4n) is 4.12. The highest BCUT2D eigenvalue weighted by atomic mass is 16.6. The van der Waals surface area contributed by atoms with E-state index in [2.05, 4.69) is 5.32 Å². The Balaban J connectivity index is 1.34. The first-order chi connectivity index (χ1) is 17.6. The van der Waals surface area contributed by atoms with Gasteiger partial charge in [-0.3, -0.25) is 29.4 Å². The van der Waals surface area contributed by atoms with Crippen molar-refractivity contribution in [2.75, 3.05) is 39.6 Å². The molecule has 0 radical (unpaired) electrons. The molecule has 4 amide bonds. The first-order valence-electron chi connectivity index (χ1n) is 12.4. The molecule has 0 bridgehead atoms. The summed E-state index contributed by atoms with van der Waals surface area (Å²) in [5.41, 5.74) is 0.757. The Morgan fingerprint density at radius 1 is 0.973 bits per heavy atom. The van der Waals surface area contributed by atoms with Crippen LogP contribution in [0.5, 0.6) is 0 Å². The van der Waals surface area contributed by atoms with Crippen molar-refractivity contribution in [1.82, 2.24) is 10.2 Å². The number of esters is 1. The Bertz CT molecular complexity index is 1030. The number of hydrogen-bond acceptors (Lipinski definition) is 9. The number of nitrogens with zero attached hydrogens (tertiary/aromatic N) is 1. The lowest BCUT2D eigenvalue weighted by Gasteiger charge is -2.27. The third-order valence-electron chi connectivity index (χ3n) is 5.67. The summed E-state index contributed by atoms with van der Waals surface area (Å²) in [6.45, 7) is 7.00. The summed E-state index contributed by atoms with van der Waals surface area (Å²) in [5.74, 6) is -2.48. The second kappa shape index (κ2) is 12.9. The molecular weight excluding hydrogens is 484 g/mol. The lowest BCUT2D eigenvalue weighted by Crippen LogP contribution is -2.54. The zero-order valence-electron chi connectivity index (χ0n) is 21.5. The van der Waals surface area contributed by atoms with Gasteiger partial charge in [0, 0.05) is 13.0 Å². The third kappa shape index (κ3) is 7.91. The van der Waals surface area contributed by atoms with E-state index >= 15 is 0 Å². The standard InChI is InChI=1S/C26H34N2O9/c1-26(2,3)37-21(30)16-36-15-14-35-13-12-34-11-5-7-17-6-4-8-18-22(17)25(33)28(24(18)32)19-9-10-20(29)27-23(19)31/h4,6,8,19H,5,7,9-16H2,1-3H3,(H,27,29,31). The molecule has 1 fully saturated rings. The third-order valence-corrected chi connectivity index (χ3v) is 5.67. The van der Waals surface area contributed by atoms with Crippen LogP contribution in [0.25, 0.3) is 0 Å². The molecule has 1 aromatic carbocycles. The van der Waals surface area contributed by atoms with Crippen LogP contribution in [-0.4, -0.2) is 85.8 Å². The molecule has 1 N–H and O–H groups in total. The quantitative estimate of drug-likeness (QED) is 0.233. The molecular formula is C26H34N2O9. The smallest absolute Gasteiger partial charge is 0.332 e. The van der Waals surface area contributed by atoms with Gasteiger partial charge < -0.3 is 18.9 Å². The highest BCUT2D eigenvalue weighted by Gasteiger charge is 2.45. The first-order valence-corrected chi connectivity index (χ1v) is 12.4. The number of carbonyl (C=O) groups excluding carboxylic acids is 5. The molecule has 1 aromatic rings. The summed E-state index contributed by atoms with van der Waals surface area (Å²) in [7, 11) is 0. The van der Waals surface area contributed by atoms with Crippen molar-refractivity contribution in [3.63, 3.8) is 0 Å². The molecule has 1 saturated heterocycles. The van der Waals surface area contributed by atoms with Crippen LogP contribution in [0.1, 0.15) is 66.3 Å². The number of imide groups is 2. The van der Waals surface area contributed by atoms with Gasteiger partial charge in [-0.25, -0.2) is 4.79 Å². The van der Waals surface area contributed by atoms with Crippen molar-refractivity contribution >= 4 is 29.6 Å². The van der Waals surface area contributed by atoms with Crippen molar-refractivity contribution in [3.8, 4) is 0 Å². The van der Waals surface area contributed by atoms with Gasteiger partial charge in [0.1, 0.15) is 18.2 Å². The van der Waals surface area contributed by atoms with E-state index in [4.69, 9.17) is 18.9 Å². The summed E-state index contributed by atoms with van der Waals surface area (Å²) in [6.07, 6.45) is 1.34. The van der Waals surface area contributed by atoms with Crippen LogP contribution in [0.15, 0.2) is 18.2 Å². The van der Waals surface area contributed by atoms with Gasteiger partial charge in [-0.15, -0.1) is 0 Å². The maximum absolute atomic E-state index is 13.1. The lowest BCUT2D eigenvalue weighted by atomic mass is 9.99. The van der Waals surface area contributed by atoms with Crippen molar-refractivity contribution in [1.29, 1.82) is 0 Å². The molecule has 11 nitrogen and oxygen atoms in total. The van der Waals surface area contributed by atoms with Gasteiger partial charge in [-0.05, 0) is 51.7 Å². The molecule has 2 aliphatic heterocycles. The number of ether oxygens (including phenoxy) is 4. The van der Waals surface area contributed by atoms with Crippen LogP contribution in [0.3, 0.4) is 0 Å². The molecule has 0 saturated carbocycles. The van der Waals surface area contributed by atoms with Crippen LogP contribution < -0.4 is 5.32 Å². The Hall–Kier alpha value is -3.15. The molecule has 0 aliphatic carbocycles. The molecule has 11 heteroatoms. The minimum Gasteiger partial charge on any atom is -0.458 e. The van der Waals surface area contributed by atoms with Gasteiger partial charge in [0.2, 0.25) is 11.8 Å². The van der Waals surface area contributed by atoms with Crippen LogP contribution in [-0.2, 0) is 39.8 Å². The molecule has 202 valence electrons. The van der Waals surface area contributed by atoms with Gasteiger partial charge in [0.25, 0.3) is 11.8 Å². The second-order valence-corrected chi connectivity index (χ2v) is 9.75. The molecule has 3 rings (SSSR count). The minimum absolute atomic E-state index is 0.0802. The zero-order chi connectivity index (χ0) is 27.0. The topological polar surface area (TPSA) is 138 Å². The van der Waals surface area contributed by atoms with E-state index < -0.39 is 41.2 Å². The van der Waals surface area contributed by atoms with Crippen molar-refractivity contribution < 1.29 is 42.9 Å². The van der Waals surface area contributed by atoms with E-state index in [0.29, 0.717) is 50.4 Å². The average molecular weight is 519 g/mol. The fraction of sp³-hybridized carbons (Fsp3) is 0.577. The van der Waals surface area contributed by atoms with Crippen LogP contribution in [0.4, 0.5) is 0 Å². The normalized spacial score (nSPS) is 17.7. The summed E-state index contributed by atoms with van der Waals surface area (Å²) in [6, 6.07) is 4.10. The Labute approximate surface area is 215 Å². The predicted molar refractivity (Wildman–Crippen MR) is 130 cm³/mol. The number of amides is 4. The Kier molecular flexibility index (Phi) is 9.90. The zero-order valence-corrected chi connectivity index (χ0v) is 21.5. The van der Waals surface area contributed by atoms with Crippen molar-refractivity contribution in [3.05, 3.63) is 34.9 Å². The van der Waals surface area contributed by atoms with Gasteiger partial charge in [0.05, 0.1) is 37.6 Å². The van der Waals surface area contributed by atoms with E-state index in [1.807, 2.05) is 0 Å². The molecule has 2 heterocycles. The second-order valence-electron chi connectivity index (χ2n) is 9.75. The number of carbonyl (C=O) groups is 5. The summed E-state index contributed by atoms with van der Waals surface area (Å²) in [5, 5.41) is 2.20. The van der Waals surface area contributed by atoms with Crippen LogP contribution in [0, 0.1) is 0 Å². The largest absolute Gasteiger partial charge is 0.458 e. The number of piperidine rings is 1. The first kappa shape index (κ1) is 28.4. The molecule has 0 spiro atoms. The number of fused-ring (bicyclic) bond motifs is 1. The minimum atomic E-state index is -0.982. The fourth-order valence-corrected chi connectivity index (χ4v) is 4.12. The maximum Gasteiger partial charge on any atom is 0.332 e. The number of rotatable bonds is 13. The maximum atomic E-state index is 13.1. The van der Waals surface area contributed by atoms with Crippen molar-refractivity contribution in [2.24, 2.45) is 0 Å². The van der Waals surface area contributed by atoms with E-state index in [-0.39, 0.29) is 31.6 Å². The monoisotopic (exact) mass is 518 g/mol. The lowest BCUT2D eigenvalue weighted by molar-refractivity contribution is -0.160. The molecule has 2 aliphatic rings. The summed E-state index contributed by atoms with van der Waals surface area (Å²) in [4.78, 5) is 62.2. The van der Waals surface area contributed by atoms with E-state index in [1.54, 1.807) is 39.0 Å². The molecule has 37 heavy (non-hydrogen) atoms. The SMILES string of the molecule is CC(C)(C)OC(=O)COCCOCCOCCCc1cccc2c1C(=O)N(C1CCC(=O)NC1=O)C2=O. The van der Waals surface area contributed by atoms with Crippen LogP contribution >= 0.6 is 0 Å². The highest BCUT2D eigenvalue weighted by Crippen LogP contribution is 2.30. The van der Waals surface area contributed by atoms with Gasteiger partial charge in [0.15, 0.2) is 0 Å². The number of aryl methyl sites for hydroxylation is 1. The van der Waals surface area contributed by atoms with E-state index in [9.17, 15) is 24.0 Å². The highest BCUT2D eigenvalue weighted by molar-refractivity contribution is 6.24. The average Bonchev–Trinajstić information content (AvgIpc) is 3.07. The molecule has 0 aromatic heterocycles. The Morgan fingerprint density at radius 2 is 1.65 bits per heavy atom. The van der Waals surface area contributed by atoms with E-state index in [1.165, 1.54) is 0 Å². The number of benzene rings is 1. The van der Waals surface area contributed by atoms with Gasteiger partial charge in [-0.2, -0.15) is 0 Å². The molecule has 1 atom stereocenters.